The third-order valence-corrected chi connectivity index (χ3v) is 3.54. The number of carbonyl (C=O) groups excluding carboxylic acids is 1. The number of nitrogens with one attached hydrogen (secondary N) is 1. The maximum atomic E-state index is 12.4. The highest BCUT2D eigenvalue weighted by molar-refractivity contribution is 5.91. The second-order valence-corrected chi connectivity index (χ2v) is 6.58. The first-order valence-corrected chi connectivity index (χ1v) is 7.62. The van der Waals surface area contributed by atoms with E-state index >= 15 is 0 Å². The topological polar surface area (TPSA) is 41.6 Å². The van der Waals surface area contributed by atoms with Crippen LogP contribution in [-0.4, -0.2) is 24.3 Å². The standard InChI is InChI=1S/C18H24N2O2/c1-6-13(2)19-12-15-9-7-8-14-10-11-20(16(14)15)17(21)22-18(3,4)5/h1,7-9,13,19H,10-12H2,2-5H3. The molecule has 118 valence electrons. The number of rotatable bonds is 3. The summed E-state index contributed by atoms with van der Waals surface area (Å²) in [5.41, 5.74) is 2.72. The molecule has 1 aromatic carbocycles. The molecule has 0 radical (unpaired) electrons. The van der Waals surface area contributed by atoms with Crippen molar-refractivity contribution in [2.45, 2.75) is 52.3 Å². The molecule has 0 saturated heterocycles. The van der Waals surface area contributed by atoms with Gasteiger partial charge in [0.05, 0.1) is 11.7 Å². The summed E-state index contributed by atoms with van der Waals surface area (Å²) in [6.07, 6.45) is 5.96. The smallest absolute Gasteiger partial charge is 0.414 e. The van der Waals surface area contributed by atoms with Crippen LogP contribution in [0.15, 0.2) is 18.2 Å². The Bertz CT molecular complexity index is 596. The van der Waals surface area contributed by atoms with Gasteiger partial charge >= 0.3 is 6.09 Å². The van der Waals surface area contributed by atoms with E-state index in [-0.39, 0.29) is 12.1 Å². The minimum absolute atomic E-state index is 0.00719. The fraction of sp³-hybridized carbons (Fsp3) is 0.500. The lowest BCUT2D eigenvalue weighted by Gasteiger charge is -2.26. The molecule has 0 fully saturated rings. The fourth-order valence-corrected chi connectivity index (χ4v) is 2.50. The number of para-hydroxylation sites is 1. The van der Waals surface area contributed by atoms with Gasteiger partial charge in [-0.3, -0.25) is 10.2 Å². The average molecular weight is 300 g/mol. The average Bonchev–Trinajstić information content (AvgIpc) is 2.87. The van der Waals surface area contributed by atoms with Crippen LogP contribution in [0.4, 0.5) is 10.5 Å². The fourth-order valence-electron chi connectivity index (χ4n) is 2.50. The van der Waals surface area contributed by atoms with Crippen molar-refractivity contribution in [3.05, 3.63) is 29.3 Å². The molecule has 1 aliphatic heterocycles. The number of hydrogen-bond acceptors (Lipinski definition) is 3. The molecule has 1 unspecified atom stereocenters. The van der Waals surface area contributed by atoms with Gasteiger partial charge in [0.1, 0.15) is 5.60 Å². The largest absolute Gasteiger partial charge is 0.443 e. The SMILES string of the molecule is C#CC(C)NCc1cccc2c1N(C(=O)OC(C)(C)C)CC2. The van der Waals surface area contributed by atoms with Crippen LogP contribution in [-0.2, 0) is 17.7 Å². The third kappa shape index (κ3) is 3.80. The van der Waals surface area contributed by atoms with Crippen LogP contribution in [0.2, 0.25) is 0 Å². The van der Waals surface area contributed by atoms with Gasteiger partial charge in [-0.1, -0.05) is 24.1 Å². The zero-order valence-electron chi connectivity index (χ0n) is 13.8. The first kappa shape index (κ1) is 16.4. The molecule has 1 atom stereocenters. The van der Waals surface area contributed by atoms with Crippen molar-refractivity contribution >= 4 is 11.8 Å². The van der Waals surface area contributed by atoms with Crippen LogP contribution in [0.5, 0.6) is 0 Å². The molecule has 0 spiro atoms. The molecule has 1 aliphatic rings. The molecule has 0 aliphatic carbocycles. The van der Waals surface area contributed by atoms with Crippen molar-refractivity contribution in [3.63, 3.8) is 0 Å². The van der Waals surface area contributed by atoms with E-state index in [9.17, 15) is 4.79 Å². The molecule has 4 heteroatoms. The Labute approximate surface area is 132 Å². The number of anilines is 1. The second kappa shape index (κ2) is 6.41. The number of benzene rings is 1. The Kier molecular flexibility index (Phi) is 4.77. The van der Waals surface area contributed by atoms with E-state index < -0.39 is 5.60 Å². The molecule has 2 rings (SSSR count). The first-order valence-electron chi connectivity index (χ1n) is 7.62. The Morgan fingerprint density at radius 2 is 2.23 bits per heavy atom. The van der Waals surface area contributed by atoms with Gasteiger partial charge in [0.2, 0.25) is 0 Å². The summed E-state index contributed by atoms with van der Waals surface area (Å²) in [5.74, 6) is 2.65. The molecule has 0 bridgehead atoms. The van der Waals surface area contributed by atoms with E-state index in [4.69, 9.17) is 11.2 Å². The number of hydrogen-bond donors (Lipinski definition) is 1. The van der Waals surface area contributed by atoms with Crippen molar-refractivity contribution in [3.8, 4) is 12.3 Å². The van der Waals surface area contributed by atoms with Gasteiger partial charge in [-0.05, 0) is 45.2 Å². The molecule has 1 heterocycles. The second-order valence-electron chi connectivity index (χ2n) is 6.58. The van der Waals surface area contributed by atoms with Gasteiger partial charge in [0.25, 0.3) is 0 Å². The number of amides is 1. The lowest BCUT2D eigenvalue weighted by Crippen LogP contribution is -2.36. The number of carbonyl (C=O) groups is 1. The van der Waals surface area contributed by atoms with Gasteiger partial charge in [-0.15, -0.1) is 6.42 Å². The third-order valence-electron chi connectivity index (χ3n) is 3.54. The van der Waals surface area contributed by atoms with Crippen LogP contribution < -0.4 is 10.2 Å². The van der Waals surface area contributed by atoms with Crippen LogP contribution in [0.25, 0.3) is 0 Å². The number of terminal acetylenes is 1. The Morgan fingerprint density at radius 1 is 1.50 bits per heavy atom. The van der Waals surface area contributed by atoms with E-state index in [1.165, 1.54) is 5.56 Å². The Balaban J connectivity index is 2.22. The van der Waals surface area contributed by atoms with Gasteiger partial charge in [0, 0.05) is 13.1 Å². The summed E-state index contributed by atoms with van der Waals surface area (Å²) in [4.78, 5) is 14.2. The molecular weight excluding hydrogens is 276 g/mol. The summed E-state index contributed by atoms with van der Waals surface area (Å²) in [6, 6.07) is 6.10. The van der Waals surface area contributed by atoms with Crippen molar-refractivity contribution < 1.29 is 9.53 Å². The lowest BCUT2D eigenvalue weighted by atomic mass is 10.1. The zero-order chi connectivity index (χ0) is 16.3. The highest BCUT2D eigenvalue weighted by atomic mass is 16.6. The first-order chi connectivity index (χ1) is 10.3. The van der Waals surface area contributed by atoms with Crippen LogP contribution >= 0.6 is 0 Å². The number of fused-ring (bicyclic) bond motifs is 1. The minimum Gasteiger partial charge on any atom is -0.443 e. The molecule has 4 nitrogen and oxygen atoms in total. The molecule has 1 amide bonds. The predicted molar refractivity (Wildman–Crippen MR) is 88.9 cm³/mol. The van der Waals surface area contributed by atoms with Gasteiger partial charge < -0.3 is 4.74 Å². The molecule has 0 aromatic heterocycles. The summed E-state index contributed by atoms with van der Waals surface area (Å²) >= 11 is 0. The summed E-state index contributed by atoms with van der Waals surface area (Å²) < 4.78 is 5.51. The maximum Gasteiger partial charge on any atom is 0.414 e. The summed E-state index contributed by atoms with van der Waals surface area (Å²) in [6.45, 7) is 8.87. The van der Waals surface area contributed by atoms with Gasteiger partial charge in [0.15, 0.2) is 0 Å². The maximum absolute atomic E-state index is 12.4. The number of ether oxygens (including phenoxy) is 1. The predicted octanol–water partition coefficient (Wildman–Crippen LogP) is 3.10. The number of nitrogens with zero attached hydrogens (tertiary/aromatic N) is 1. The monoisotopic (exact) mass is 300 g/mol. The van der Waals surface area contributed by atoms with Crippen LogP contribution in [0.1, 0.15) is 38.8 Å². The summed E-state index contributed by atoms with van der Waals surface area (Å²) in [5, 5.41) is 3.27. The lowest BCUT2D eigenvalue weighted by molar-refractivity contribution is 0.0583. The van der Waals surface area contributed by atoms with Crippen LogP contribution in [0.3, 0.4) is 0 Å². The molecule has 0 saturated carbocycles. The Morgan fingerprint density at radius 3 is 2.86 bits per heavy atom. The van der Waals surface area contributed by atoms with E-state index in [2.05, 4.69) is 17.3 Å². The van der Waals surface area contributed by atoms with Gasteiger partial charge in [-0.2, -0.15) is 0 Å². The van der Waals surface area contributed by atoms with Crippen molar-refractivity contribution in [2.24, 2.45) is 0 Å². The molecule has 22 heavy (non-hydrogen) atoms. The quantitative estimate of drug-likeness (QED) is 0.872. The molecule has 1 N–H and O–H groups in total. The minimum atomic E-state index is -0.495. The van der Waals surface area contributed by atoms with Crippen molar-refractivity contribution in [1.29, 1.82) is 0 Å². The van der Waals surface area contributed by atoms with E-state index in [0.29, 0.717) is 13.1 Å². The van der Waals surface area contributed by atoms with Gasteiger partial charge in [-0.25, -0.2) is 4.79 Å². The normalized spacial score (nSPS) is 15.1. The highest BCUT2D eigenvalue weighted by Crippen LogP contribution is 2.33. The van der Waals surface area contributed by atoms with Crippen molar-refractivity contribution in [2.75, 3.05) is 11.4 Å². The van der Waals surface area contributed by atoms with E-state index in [1.54, 1.807) is 4.90 Å². The van der Waals surface area contributed by atoms with Crippen molar-refractivity contribution in [1.82, 2.24) is 5.32 Å². The zero-order valence-corrected chi connectivity index (χ0v) is 13.8. The summed E-state index contributed by atoms with van der Waals surface area (Å²) in [7, 11) is 0. The molecule has 1 aromatic rings. The molecular formula is C18H24N2O2. The highest BCUT2D eigenvalue weighted by Gasteiger charge is 2.30. The van der Waals surface area contributed by atoms with E-state index in [1.807, 2.05) is 39.8 Å². The van der Waals surface area contributed by atoms with E-state index in [0.717, 1.165) is 17.7 Å². The Hall–Kier alpha value is -1.99. The van der Waals surface area contributed by atoms with Crippen LogP contribution in [0, 0.1) is 12.3 Å².